The molecule has 1 aromatic heterocycles. The number of rotatable bonds is 2. The van der Waals surface area contributed by atoms with Gasteiger partial charge in [-0.2, -0.15) is 0 Å². The summed E-state index contributed by atoms with van der Waals surface area (Å²) in [6.45, 7) is 18.7. The maximum atomic E-state index is 13.1. The normalized spacial score (nSPS) is 27.5. The number of carbonyl (C=O) groups is 1. The van der Waals surface area contributed by atoms with E-state index in [1.165, 1.54) is 11.3 Å². The first-order valence-electron chi connectivity index (χ1n) is 11.3. The second-order valence-electron chi connectivity index (χ2n) is 12.3. The predicted octanol–water partition coefficient (Wildman–Crippen LogP) is 5.88. The Morgan fingerprint density at radius 3 is 2.38 bits per heavy atom. The minimum Gasteiger partial charge on any atom is -0.444 e. The fourth-order valence-corrected chi connectivity index (χ4v) is 6.97. The number of likely N-dealkylation sites (tertiary alicyclic amines) is 1. The largest absolute Gasteiger partial charge is 0.444 e. The number of thiazole rings is 1. The first kappa shape index (κ1) is 25.9. The number of carbonyl (C=O) groups excluding carboxylic acids is 1. The first-order chi connectivity index (χ1) is 14.4. The Hall–Kier alpha value is -0.700. The summed E-state index contributed by atoms with van der Waals surface area (Å²) in [5, 5.41) is 0. The molecule has 32 heavy (non-hydrogen) atoms. The highest BCUT2D eigenvalue weighted by atomic mass is 35.5. The van der Waals surface area contributed by atoms with Crippen molar-refractivity contribution in [2.45, 2.75) is 104 Å². The van der Waals surface area contributed by atoms with Crippen molar-refractivity contribution in [1.82, 2.24) is 14.6 Å². The van der Waals surface area contributed by atoms with Crippen molar-refractivity contribution in [3.63, 3.8) is 0 Å². The van der Waals surface area contributed by atoms with Crippen LogP contribution in [0.2, 0.25) is 4.47 Å². The molecule has 4 atom stereocenters. The topological polar surface area (TPSA) is 71.5 Å². The molecule has 2 unspecified atom stereocenters. The van der Waals surface area contributed by atoms with Gasteiger partial charge >= 0.3 is 6.09 Å². The van der Waals surface area contributed by atoms with Crippen molar-refractivity contribution in [2.75, 3.05) is 6.54 Å². The number of fused-ring (bicyclic) bond motifs is 1. The van der Waals surface area contributed by atoms with Gasteiger partial charge in [-0.25, -0.2) is 18.7 Å². The van der Waals surface area contributed by atoms with Crippen LogP contribution in [0.1, 0.15) is 91.8 Å². The molecule has 0 saturated carbocycles. The minimum absolute atomic E-state index is 0.0112. The molecule has 1 amide bonds. The molecule has 0 aromatic carbocycles. The summed E-state index contributed by atoms with van der Waals surface area (Å²) < 4.78 is 22.4. The number of halogens is 1. The van der Waals surface area contributed by atoms with E-state index in [0.29, 0.717) is 11.0 Å². The number of aromatic nitrogens is 1. The van der Waals surface area contributed by atoms with E-state index in [0.717, 1.165) is 29.8 Å². The molecule has 0 radical (unpaired) electrons. The van der Waals surface area contributed by atoms with Crippen LogP contribution in [0, 0.1) is 10.8 Å². The lowest BCUT2D eigenvalue weighted by Crippen LogP contribution is -2.58. The van der Waals surface area contributed by atoms with Crippen LogP contribution in [0.5, 0.6) is 0 Å². The third kappa shape index (κ3) is 5.34. The van der Waals surface area contributed by atoms with Crippen LogP contribution in [-0.4, -0.2) is 43.1 Å². The van der Waals surface area contributed by atoms with E-state index in [-0.39, 0.29) is 29.0 Å². The number of amides is 1. The third-order valence-electron chi connectivity index (χ3n) is 6.34. The van der Waals surface area contributed by atoms with Gasteiger partial charge in [0.2, 0.25) is 0 Å². The lowest BCUT2D eigenvalue weighted by atomic mass is 9.66. The van der Waals surface area contributed by atoms with Gasteiger partial charge in [-0.1, -0.05) is 32.4 Å². The maximum Gasteiger partial charge on any atom is 0.410 e. The Bertz CT molecular complexity index is 898. The van der Waals surface area contributed by atoms with Crippen molar-refractivity contribution in [3.05, 3.63) is 15.0 Å². The zero-order chi connectivity index (χ0) is 24.3. The van der Waals surface area contributed by atoms with Gasteiger partial charge < -0.3 is 9.64 Å². The van der Waals surface area contributed by atoms with Crippen molar-refractivity contribution < 1.29 is 13.7 Å². The highest BCUT2D eigenvalue weighted by molar-refractivity contribution is 7.84. The van der Waals surface area contributed by atoms with Gasteiger partial charge in [0.05, 0.1) is 27.5 Å². The van der Waals surface area contributed by atoms with E-state index in [1.54, 1.807) is 0 Å². The highest BCUT2D eigenvalue weighted by Gasteiger charge is 2.55. The maximum absolute atomic E-state index is 13.1. The summed E-state index contributed by atoms with van der Waals surface area (Å²) in [6, 6.07) is -0.171. The fourth-order valence-electron chi connectivity index (χ4n) is 4.69. The van der Waals surface area contributed by atoms with E-state index in [1.807, 2.05) is 46.4 Å². The molecule has 182 valence electrons. The Kier molecular flexibility index (Phi) is 6.89. The Labute approximate surface area is 204 Å². The van der Waals surface area contributed by atoms with Gasteiger partial charge in [-0.05, 0) is 66.2 Å². The Morgan fingerprint density at radius 2 is 1.84 bits per heavy atom. The summed E-state index contributed by atoms with van der Waals surface area (Å²) in [5.74, 6) is 0. The lowest BCUT2D eigenvalue weighted by Gasteiger charge is -2.51. The minimum atomic E-state index is -1.25. The molecule has 6 nitrogen and oxygen atoms in total. The first-order valence-corrected chi connectivity index (χ1v) is 13.6. The van der Waals surface area contributed by atoms with Crippen LogP contribution in [0.15, 0.2) is 0 Å². The standard InChI is InChI=1S/C23H38ClN3O3S2/c1-20(2,3)15-13-23(10-11-27(15)19(28)30-21(4,5)6)12-14-16(25-18(24)31-14)17(23)26-32(29)22(7,8)9/h15,17,26H,10-13H2,1-9H3/t15-,17?,23?,32+/m0/s1. The van der Waals surface area contributed by atoms with Crippen LogP contribution in [0.4, 0.5) is 4.79 Å². The van der Waals surface area contributed by atoms with Crippen LogP contribution < -0.4 is 4.72 Å². The molecular weight excluding hydrogens is 466 g/mol. The Morgan fingerprint density at radius 1 is 1.22 bits per heavy atom. The average molecular weight is 504 g/mol. The second-order valence-corrected chi connectivity index (χ2v) is 15.9. The molecule has 3 rings (SSSR count). The molecule has 1 fully saturated rings. The number of hydrogen-bond donors (Lipinski definition) is 1. The predicted molar refractivity (Wildman–Crippen MR) is 132 cm³/mol. The summed E-state index contributed by atoms with van der Waals surface area (Å²) >= 11 is 7.78. The Balaban J connectivity index is 1.96. The van der Waals surface area contributed by atoms with E-state index in [2.05, 4.69) is 30.5 Å². The third-order valence-corrected chi connectivity index (χ3v) is 9.07. The number of hydrogen-bond acceptors (Lipinski definition) is 5. The number of nitrogens with one attached hydrogen (secondary N) is 1. The molecule has 0 bridgehead atoms. The smallest absolute Gasteiger partial charge is 0.410 e. The van der Waals surface area contributed by atoms with Crippen LogP contribution in [0.3, 0.4) is 0 Å². The molecule has 1 N–H and O–H groups in total. The van der Waals surface area contributed by atoms with Gasteiger partial charge in [0, 0.05) is 22.9 Å². The van der Waals surface area contributed by atoms with Crippen LogP contribution in [-0.2, 0) is 22.1 Å². The van der Waals surface area contributed by atoms with Gasteiger partial charge in [0.25, 0.3) is 0 Å². The quantitative estimate of drug-likeness (QED) is 0.547. The van der Waals surface area contributed by atoms with Crippen molar-refractivity contribution in [2.24, 2.45) is 10.8 Å². The van der Waals surface area contributed by atoms with E-state index in [4.69, 9.17) is 16.3 Å². The van der Waals surface area contributed by atoms with Gasteiger partial charge in [0.1, 0.15) is 5.60 Å². The van der Waals surface area contributed by atoms with Gasteiger partial charge in [0.15, 0.2) is 4.47 Å². The second kappa shape index (κ2) is 8.51. The molecular formula is C23H38ClN3O3S2. The summed E-state index contributed by atoms with van der Waals surface area (Å²) in [5.41, 5.74) is 0.0755. The molecule has 1 saturated heterocycles. The fraction of sp³-hybridized carbons (Fsp3) is 0.826. The number of piperidine rings is 1. The molecule has 2 heterocycles. The zero-order valence-corrected chi connectivity index (χ0v) is 23.2. The monoisotopic (exact) mass is 503 g/mol. The van der Waals surface area contributed by atoms with Gasteiger partial charge in [-0.15, -0.1) is 11.3 Å². The molecule has 9 heteroatoms. The summed E-state index contributed by atoms with van der Waals surface area (Å²) in [6.07, 6.45) is 2.15. The van der Waals surface area contributed by atoms with Crippen LogP contribution in [0.25, 0.3) is 0 Å². The summed E-state index contributed by atoms with van der Waals surface area (Å²) in [4.78, 5) is 20.8. The van der Waals surface area contributed by atoms with E-state index in [9.17, 15) is 9.00 Å². The van der Waals surface area contributed by atoms with Crippen molar-refractivity contribution >= 4 is 40.0 Å². The lowest BCUT2D eigenvalue weighted by molar-refractivity contribution is -0.0378. The highest BCUT2D eigenvalue weighted by Crippen LogP contribution is 2.56. The molecule has 1 spiro atoms. The molecule has 1 aliphatic heterocycles. The SMILES string of the molecule is CC(C)(C)OC(=O)N1CCC2(Cc3sc(Cl)nc3C2N[S@](=O)C(C)(C)C)C[C@H]1C(C)(C)C. The molecule has 1 aromatic rings. The zero-order valence-electron chi connectivity index (χ0n) is 20.8. The van der Waals surface area contributed by atoms with E-state index >= 15 is 0 Å². The van der Waals surface area contributed by atoms with Crippen molar-refractivity contribution in [1.29, 1.82) is 0 Å². The number of nitrogens with zero attached hydrogens (tertiary/aromatic N) is 2. The average Bonchev–Trinajstić information content (AvgIpc) is 3.06. The van der Waals surface area contributed by atoms with E-state index < -0.39 is 21.3 Å². The van der Waals surface area contributed by atoms with Crippen LogP contribution >= 0.6 is 22.9 Å². The van der Waals surface area contributed by atoms with Gasteiger partial charge in [-0.3, -0.25) is 0 Å². The molecule has 1 aliphatic carbocycles. The van der Waals surface area contributed by atoms with Crippen molar-refractivity contribution in [3.8, 4) is 0 Å². The number of ether oxygens (including phenoxy) is 1. The summed E-state index contributed by atoms with van der Waals surface area (Å²) in [7, 11) is -1.25. The molecule has 2 aliphatic rings.